The van der Waals surface area contributed by atoms with Crippen molar-refractivity contribution in [3.8, 4) is 5.75 Å². The average Bonchev–Trinajstić information content (AvgIpc) is 2.72. The van der Waals surface area contributed by atoms with Gasteiger partial charge in [0.05, 0.1) is 6.61 Å². The van der Waals surface area contributed by atoms with E-state index in [1.165, 1.54) is 95.5 Å². The Balaban J connectivity index is 1.86. The SMILES string of the molecule is CCCCCCCCCCCCCCCCNCc1cccc(OCC(C)C)c1. The Morgan fingerprint density at radius 2 is 1.31 bits per heavy atom. The van der Waals surface area contributed by atoms with Gasteiger partial charge in [-0.3, -0.25) is 0 Å². The van der Waals surface area contributed by atoms with E-state index in [9.17, 15) is 0 Å². The summed E-state index contributed by atoms with van der Waals surface area (Å²) in [6, 6.07) is 8.50. The van der Waals surface area contributed by atoms with Crippen molar-refractivity contribution in [1.29, 1.82) is 0 Å². The molecule has 0 aliphatic rings. The third kappa shape index (κ3) is 16.5. The highest BCUT2D eigenvalue weighted by atomic mass is 16.5. The van der Waals surface area contributed by atoms with Crippen LogP contribution in [0.3, 0.4) is 0 Å². The van der Waals surface area contributed by atoms with Crippen LogP contribution >= 0.6 is 0 Å². The molecule has 0 unspecified atom stereocenters. The first kappa shape index (κ1) is 26.0. The first-order valence-corrected chi connectivity index (χ1v) is 12.6. The van der Waals surface area contributed by atoms with Crippen LogP contribution in [0.1, 0.15) is 116 Å². The lowest BCUT2D eigenvalue weighted by Crippen LogP contribution is -2.14. The highest BCUT2D eigenvalue weighted by Crippen LogP contribution is 2.15. The second kappa shape index (κ2) is 19.0. The van der Waals surface area contributed by atoms with Gasteiger partial charge in [-0.05, 0) is 36.6 Å². The van der Waals surface area contributed by atoms with Gasteiger partial charge < -0.3 is 10.1 Å². The molecule has 0 aromatic heterocycles. The number of hydrogen-bond acceptors (Lipinski definition) is 2. The molecule has 168 valence electrons. The van der Waals surface area contributed by atoms with Crippen LogP contribution in [0.2, 0.25) is 0 Å². The molecule has 1 rings (SSSR count). The monoisotopic (exact) mass is 403 g/mol. The van der Waals surface area contributed by atoms with E-state index in [0.717, 1.165) is 25.4 Å². The molecule has 0 saturated carbocycles. The molecule has 1 N–H and O–H groups in total. The van der Waals surface area contributed by atoms with Gasteiger partial charge in [0.2, 0.25) is 0 Å². The summed E-state index contributed by atoms with van der Waals surface area (Å²) in [4.78, 5) is 0. The summed E-state index contributed by atoms with van der Waals surface area (Å²) < 4.78 is 5.81. The van der Waals surface area contributed by atoms with Crippen molar-refractivity contribution in [2.24, 2.45) is 5.92 Å². The number of hydrogen-bond donors (Lipinski definition) is 1. The summed E-state index contributed by atoms with van der Waals surface area (Å²) in [5, 5.41) is 3.58. The van der Waals surface area contributed by atoms with Crippen LogP contribution in [0.25, 0.3) is 0 Å². The number of benzene rings is 1. The van der Waals surface area contributed by atoms with Crippen molar-refractivity contribution in [1.82, 2.24) is 5.32 Å². The van der Waals surface area contributed by atoms with Crippen LogP contribution in [0.5, 0.6) is 5.75 Å². The van der Waals surface area contributed by atoms with Gasteiger partial charge >= 0.3 is 0 Å². The van der Waals surface area contributed by atoms with Gasteiger partial charge in [0.1, 0.15) is 5.75 Å². The zero-order valence-corrected chi connectivity index (χ0v) is 19.8. The van der Waals surface area contributed by atoms with Crippen molar-refractivity contribution in [2.75, 3.05) is 13.2 Å². The fraction of sp³-hybridized carbons (Fsp3) is 0.778. The smallest absolute Gasteiger partial charge is 0.119 e. The fourth-order valence-corrected chi connectivity index (χ4v) is 3.69. The van der Waals surface area contributed by atoms with E-state index in [1.54, 1.807) is 0 Å². The van der Waals surface area contributed by atoms with Crippen LogP contribution in [0.15, 0.2) is 24.3 Å². The molecular formula is C27H49NO. The summed E-state index contributed by atoms with van der Waals surface area (Å²) >= 11 is 0. The maximum absolute atomic E-state index is 5.81. The van der Waals surface area contributed by atoms with Gasteiger partial charge in [-0.15, -0.1) is 0 Å². The van der Waals surface area contributed by atoms with Crippen molar-refractivity contribution in [3.05, 3.63) is 29.8 Å². The highest BCUT2D eigenvalue weighted by Gasteiger charge is 1.99. The molecule has 0 heterocycles. The molecule has 0 spiro atoms. The van der Waals surface area contributed by atoms with Crippen molar-refractivity contribution >= 4 is 0 Å². The molecule has 0 fully saturated rings. The molecule has 1 aromatic carbocycles. The second-order valence-electron chi connectivity index (χ2n) is 9.13. The Morgan fingerprint density at radius 1 is 0.759 bits per heavy atom. The third-order valence-electron chi connectivity index (χ3n) is 5.52. The van der Waals surface area contributed by atoms with Gasteiger partial charge in [-0.2, -0.15) is 0 Å². The summed E-state index contributed by atoms with van der Waals surface area (Å²) in [5.74, 6) is 1.56. The lowest BCUT2D eigenvalue weighted by molar-refractivity contribution is 0.271. The Labute approximate surface area is 182 Å². The summed E-state index contributed by atoms with van der Waals surface area (Å²) in [6.07, 6.45) is 19.9. The second-order valence-corrected chi connectivity index (χ2v) is 9.13. The largest absolute Gasteiger partial charge is 0.493 e. The molecule has 0 amide bonds. The van der Waals surface area contributed by atoms with E-state index < -0.39 is 0 Å². The summed E-state index contributed by atoms with van der Waals surface area (Å²) in [6.45, 7) is 9.51. The lowest BCUT2D eigenvalue weighted by atomic mass is 10.0. The summed E-state index contributed by atoms with van der Waals surface area (Å²) in [7, 11) is 0. The Kier molecular flexibility index (Phi) is 17.0. The van der Waals surface area contributed by atoms with Gasteiger partial charge in [0, 0.05) is 6.54 Å². The predicted molar refractivity (Wildman–Crippen MR) is 129 cm³/mol. The van der Waals surface area contributed by atoms with Crippen molar-refractivity contribution in [3.63, 3.8) is 0 Å². The average molecular weight is 404 g/mol. The van der Waals surface area contributed by atoms with E-state index >= 15 is 0 Å². The number of ether oxygens (including phenoxy) is 1. The predicted octanol–water partition coefficient (Wildman–Crippen LogP) is 8.29. The maximum atomic E-state index is 5.81. The number of unbranched alkanes of at least 4 members (excludes halogenated alkanes) is 13. The minimum atomic E-state index is 0.567. The third-order valence-corrected chi connectivity index (χ3v) is 5.52. The van der Waals surface area contributed by atoms with Crippen LogP contribution in [-0.2, 0) is 6.54 Å². The molecule has 0 aliphatic carbocycles. The first-order valence-electron chi connectivity index (χ1n) is 12.6. The van der Waals surface area contributed by atoms with Gasteiger partial charge in [-0.25, -0.2) is 0 Å². The maximum Gasteiger partial charge on any atom is 0.119 e. The number of nitrogens with one attached hydrogen (secondary N) is 1. The van der Waals surface area contributed by atoms with E-state index in [1.807, 2.05) is 0 Å². The van der Waals surface area contributed by atoms with Crippen LogP contribution in [-0.4, -0.2) is 13.2 Å². The van der Waals surface area contributed by atoms with Gasteiger partial charge in [0.15, 0.2) is 0 Å². The highest BCUT2D eigenvalue weighted by molar-refractivity contribution is 5.28. The topological polar surface area (TPSA) is 21.3 Å². The van der Waals surface area contributed by atoms with Crippen molar-refractivity contribution in [2.45, 2.75) is 117 Å². The fourth-order valence-electron chi connectivity index (χ4n) is 3.69. The molecule has 0 bridgehead atoms. The van der Waals surface area contributed by atoms with E-state index in [-0.39, 0.29) is 0 Å². The zero-order chi connectivity index (χ0) is 21.0. The van der Waals surface area contributed by atoms with Crippen LogP contribution in [0.4, 0.5) is 0 Å². The molecule has 1 aromatic rings. The molecule has 0 aliphatic heterocycles. The zero-order valence-electron chi connectivity index (χ0n) is 19.8. The standard InChI is InChI=1S/C27H49NO/c1-4-5-6-7-8-9-10-11-12-13-14-15-16-17-21-28-23-26-19-18-20-27(22-26)29-24-25(2)3/h18-20,22,25,28H,4-17,21,23-24H2,1-3H3. The minimum absolute atomic E-state index is 0.567. The summed E-state index contributed by atoms with van der Waals surface area (Å²) in [5.41, 5.74) is 1.32. The normalized spacial score (nSPS) is 11.3. The molecule has 0 saturated heterocycles. The van der Waals surface area contributed by atoms with Crippen LogP contribution < -0.4 is 10.1 Å². The molecule has 2 nitrogen and oxygen atoms in total. The minimum Gasteiger partial charge on any atom is -0.493 e. The van der Waals surface area contributed by atoms with E-state index in [4.69, 9.17) is 4.74 Å². The molecule has 2 heteroatoms. The molecule has 29 heavy (non-hydrogen) atoms. The Morgan fingerprint density at radius 3 is 1.86 bits per heavy atom. The van der Waals surface area contributed by atoms with Crippen molar-refractivity contribution < 1.29 is 4.74 Å². The van der Waals surface area contributed by atoms with Crippen LogP contribution in [0, 0.1) is 5.92 Å². The molecular weight excluding hydrogens is 354 g/mol. The van der Waals surface area contributed by atoms with Gasteiger partial charge in [0.25, 0.3) is 0 Å². The first-order chi connectivity index (χ1) is 14.2. The van der Waals surface area contributed by atoms with E-state index in [0.29, 0.717) is 5.92 Å². The Hall–Kier alpha value is -1.02. The van der Waals surface area contributed by atoms with E-state index in [2.05, 4.69) is 50.4 Å². The van der Waals surface area contributed by atoms with Gasteiger partial charge in [-0.1, -0.05) is 116 Å². The molecule has 0 radical (unpaired) electrons. The lowest BCUT2D eigenvalue weighted by Gasteiger charge is -2.10. The Bertz CT molecular complexity index is 471. The quantitative estimate of drug-likeness (QED) is 0.221. The number of rotatable bonds is 20. The molecule has 0 atom stereocenters.